The molecule has 0 aliphatic carbocycles. The highest BCUT2D eigenvalue weighted by Crippen LogP contribution is 2.33. The first-order valence-electron chi connectivity index (χ1n) is 7.46. The lowest BCUT2D eigenvalue weighted by molar-refractivity contribution is 0.100. The van der Waals surface area contributed by atoms with Gasteiger partial charge < -0.3 is 16.0 Å². The van der Waals surface area contributed by atoms with E-state index in [1.807, 2.05) is 6.07 Å². The molecule has 0 bridgehead atoms. The standard InChI is InChI=1S/C17H22N4O.ClH/c1-16(2)8-11(9-17(3,4)21-16)15-19-12-6-5-10(14(18)22)7-13(12)20-15;/h5-8,21H,9H2,1-4H3,(H2,18,22)(H,19,20);1H. The lowest BCUT2D eigenvalue weighted by atomic mass is 9.83. The van der Waals surface area contributed by atoms with Crippen LogP contribution in [0.5, 0.6) is 0 Å². The van der Waals surface area contributed by atoms with Crippen molar-refractivity contribution in [2.45, 2.75) is 45.2 Å². The highest BCUT2D eigenvalue weighted by atomic mass is 35.5. The van der Waals surface area contributed by atoms with Crippen molar-refractivity contribution < 1.29 is 4.79 Å². The number of amides is 1. The SMILES string of the molecule is CC1(C)C=C(c2nc3ccc(C(N)=O)cc3[nH]2)CC(C)(C)N1.Cl. The molecule has 5 nitrogen and oxygen atoms in total. The minimum absolute atomic E-state index is 0. The van der Waals surface area contributed by atoms with E-state index in [0.717, 1.165) is 23.3 Å². The van der Waals surface area contributed by atoms with E-state index in [0.29, 0.717) is 5.56 Å². The first-order valence-corrected chi connectivity index (χ1v) is 7.46. The van der Waals surface area contributed by atoms with Gasteiger partial charge in [0.15, 0.2) is 0 Å². The highest BCUT2D eigenvalue weighted by Gasteiger charge is 2.33. The van der Waals surface area contributed by atoms with Crippen LogP contribution in [-0.4, -0.2) is 27.0 Å². The number of primary amides is 1. The molecule has 1 aromatic carbocycles. The molecular weight excluding hydrogens is 312 g/mol. The second kappa shape index (κ2) is 5.65. The summed E-state index contributed by atoms with van der Waals surface area (Å²) in [5.74, 6) is 0.431. The number of hydrogen-bond acceptors (Lipinski definition) is 3. The van der Waals surface area contributed by atoms with E-state index in [9.17, 15) is 4.79 Å². The van der Waals surface area contributed by atoms with Crippen LogP contribution in [-0.2, 0) is 0 Å². The van der Waals surface area contributed by atoms with Crippen molar-refractivity contribution in [2.24, 2.45) is 5.73 Å². The molecule has 0 spiro atoms. The Morgan fingerprint density at radius 1 is 1.26 bits per heavy atom. The zero-order valence-electron chi connectivity index (χ0n) is 13.9. The minimum atomic E-state index is -0.429. The maximum atomic E-state index is 11.3. The summed E-state index contributed by atoms with van der Waals surface area (Å²) in [5, 5.41) is 3.61. The number of benzene rings is 1. The van der Waals surface area contributed by atoms with Crippen molar-refractivity contribution in [1.82, 2.24) is 15.3 Å². The van der Waals surface area contributed by atoms with Crippen molar-refractivity contribution in [3.8, 4) is 0 Å². The average Bonchev–Trinajstić information content (AvgIpc) is 2.77. The third-order valence-electron chi connectivity index (χ3n) is 3.90. The summed E-state index contributed by atoms with van der Waals surface area (Å²) >= 11 is 0. The van der Waals surface area contributed by atoms with E-state index in [1.165, 1.54) is 5.57 Å². The molecule has 23 heavy (non-hydrogen) atoms. The largest absolute Gasteiger partial charge is 0.366 e. The maximum Gasteiger partial charge on any atom is 0.248 e. The second-order valence-corrected chi connectivity index (χ2v) is 7.26. The second-order valence-electron chi connectivity index (χ2n) is 7.26. The first-order chi connectivity index (χ1) is 10.2. The van der Waals surface area contributed by atoms with Gasteiger partial charge in [0.1, 0.15) is 5.82 Å². The normalized spacial score (nSPS) is 19.0. The number of carbonyl (C=O) groups is 1. The van der Waals surface area contributed by atoms with Crippen molar-refractivity contribution in [1.29, 1.82) is 0 Å². The van der Waals surface area contributed by atoms with E-state index in [4.69, 9.17) is 5.73 Å². The topological polar surface area (TPSA) is 83.8 Å². The van der Waals surface area contributed by atoms with Crippen LogP contribution in [0.2, 0.25) is 0 Å². The van der Waals surface area contributed by atoms with Gasteiger partial charge in [0.25, 0.3) is 0 Å². The molecule has 0 saturated heterocycles. The molecule has 6 heteroatoms. The van der Waals surface area contributed by atoms with Crippen LogP contribution in [0.15, 0.2) is 24.3 Å². The predicted molar refractivity (Wildman–Crippen MR) is 95.7 cm³/mol. The van der Waals surface area contributed by atoms with Gasteiger partial charge in [0.2, 0.25) is 5.91 Å². The molecule has 1 aliphatic rings. The fraction of sp³-hybridized carbons (Fsp3) is 0.412. The number of H-pyrrole nitrogens is 1. The predicted octanol–water partition coefficient (Wildman–Crippen LogP) is 3.02. The first kappa shape index (κ1) is 17.5. The van der Waals surface area contributed by atoms with Crippen molar-refractivity contribution in [2.75, 3.05) is 0 Å². The smallest absolute Gasteiger partial charge is 0.248 e. The van der Waals surface area contributed by atoms with Gasteiger partial charge in [-0.2, -0.15) is 0 Å². The summed E-state index contributed by atoms with van der Waals surface area (Å²) in [6.07, 6.45) is 3.10. The third kappa shape index (κ3) is 3.57. The Balaban J connectivity index is 0.00000192. The maximum absolute atomic E-state index is 11.3. The fourth-order valence-electron chi connectivity index (χ4n) is 3.38. The average molecular weight is 335 g/mol. The van der Waals surface area contributed by atoms with E-state index in [1.54, 1.807) is 12.1 Å². The van der Waals surface area contributed by atoms with Gasteiger partial charge >= 0.3 is 0 Å². The number of hydrogen-bond donors (Lipinski definition) is 3. The zero-order valence-corrected chi connectivity index (χ0v) is 14.7. The van der Waals surface area contributed by atoms with Crippen molar-refractivity contribution in [3.05, 3.63) is 35.7 Å². The van der Waals surface area contributed by atoms with Crippen LogP contribution >= 0.6 is 12.4 Å². The van der Waals surface area contributed by atoms with Crippen molar-refractivity contribution >= 4 is 34.9 Å². The van der Waals surface area contributed by atoms with E-state index in [2.05, 4.69) is 49.1 Å². The van der Waals surface area contributed by atoms with Gasteiger partial charge in [-0.1, -0.05) is 6.08 Å². The van der Waals surface area contributed by atoms with Crippen LogP contribution in [0.3, 0.4) is 0 Å². The zero-order chi connectivity index (χ0) is 16.1. The number of fused-ring (bicyclic) bond motifs is 1. The number of nitrogens with two attached hydrogens (primary N) is 1. The number of halogens is 1. The van der Waals surface area contributed by atoms with Gasteiger partial charge in [-0.05, 0) is 57.9 Å². The van der Waals surface area contributed by atoms with E-state index in [-0.39, 0.29) is 23.5 Å². The van der Waals surface area contributed by atoms with Gasteiger partial charge in [-0.25, -0.2) is 4.98 Å². The van der Waals surface area contributed by atoms with Crippen molar-refractivity contribution in [3.63, 3.8) is 0 Å². The Hall–Kier alpha value is -1.85. The highest BCUT2D eigenvalue weighted by molar-refractivity contribution is 5.96. The lowest BCUT2D eigenvalue weighted by Crippen LogP contribution is -2.53. The molecule has 0 atom stereocenters. The molecule has 3 rings (SSSR count). The van der Waals surface area contributed by atoms with Crippen LogP contribution in [0.1, 0.15) is 50.3 Å². The van der Waals surface area contributed by atoms with Gasteiger partial charge in [-0.3, -0.25) is 4.79 Å². The lowest BCUT2D eigenvalue weighted by Gasteiger charge is -2.40. The molecule has 1 aromatic heterocycles. The minimum Gasteiger partial charge on any atom is -0.366 e. The van der Waals surface area contributed by atoms with Gasteiger partial charge in [0.05, 0.1) is 11.0 Å². The van der Waals surface area contributed by atoms with Crippen LogP contribution in [0.25, 0.3) is 16.6 Å². The van der Waals surface area contributed by atoms with Gasteiger partial charge in [0, 0.05) is 16.6 Å². The number of carbonyl (C=O) groups excluding carboxylic acids is 1. The molecule has 1 aliphatic heterocycles. The van der Waals surface area contributed by atoms with Crippen LogP contribution in [0, 0.1) is 0 Å². The molecule has 124 valence electrons. The summed E-state index contributed by atoms with van der Waals surface area (Å²) in [5.41, 5.74) is 8.60. The molecule has 0 radical (unpaired) electrons. The molecule has 0 fully saturated rings. The summed E-state index contributed by atoms with van der Waals surface area (Å²) in [6.45, 7) is 8.69. The Morgan fingerprint density at radius 2 is 1.96 bits per heavy atom. The van der Waals surface area contributed by atoms with Crippen LogP contribution in [0.4, 0.5) is 0 Å². The molecule has 2 heterocycles. The molecule has 4 N–H and O–H groups in total. The molecule has 1 amide bonds. The summed E-state index contributed by atoms with van der Waals surface area (Å²) in [6, 6.07) is 5.29. The number of nitrogens with zero attached hydrogens (tertiary/aromatic N) is 1. The number of aromatic nitrogens is 2. The quantitative estimate of drug-likeness (QED) is 0.789. The summed E-state index contributed by atoms with van der Waals surface area (Å²) in [7, 11) is 0. The fourth-order valence-corrected chi connectivity index (χ4v) is 3.38. The van der Waals surface area contributed by atoms with Crippen LogP contribution < -0.4 is 11.1 Å². The van der Waals surface area contributed by atoms with E-state index < -0.39 is 5.91 Å². The van der Waals surface area contributed by atoms with Gasteiger partial charge in [-0.15, -0.1) is 12.4 Å². The molecular formula is C17H23ClN4O. The summed E-state index contributed by atoms with van der Waals surface area (Å²) < 4.78 is 0. The molecule has 0 unspecified atom stereocenters. The number of aromatic amines is 1. The monoisotopic (exact) mass is 334 g/mol. The number of nitrogens with one attached hydrogen (secondary N) is 2. The Labute approximate surface area is 142 Å². The summed E-state index contributed by atoms with van der Waals surface area (Å²) in [4.78, 5) is 19.3. The Bertz CT molecular complexity index is 789. The molecule has 0 saturated carbocycles. The molecule has 2 aromatic rings. The third-order valence-corrected chi connectivity index (χ3v) is 3.90. The van der Waals surface area contributed by atoms with E-state index >= 15 is 0 Å². The Morgan fingerprint density at radius 3 is 2.57 bits per heavy atom. The number of imidazole rings is 1. The number of rotatable bonds is 2. The Kier molecular flexibility index (Phi) is 4.30.